The van der Waals surface area contributed by atoms with Crippen LogP contribution >= 0.6 is 11.3 Å². The Labute approximate surface area is 133 Å². The minimum absolute atomic E-state index is 0.128. The largest absolute Gasteiger partial charge is 0.371 e. The summed E-state index contributed by atoms with van der Waals surface area (Å²) in [5.74, 6) is 0.820. The van der Waals surface area contributed by atoms with E-state index < -0.39 is 0 Å². The number of aromatic nitrogens is 1. The second kappa shape index (κ2) is 7.21. The second-order valence-corrected chi connectivity index (χ2v) is 7.74. The molecule has 4 heteroatoms. The molecule has 0 aromatic carbocycles. The van der Waals surface area contributed by atoms with E-state index in [0.717, 1.165) is 31.7 Å². The van der Waals surface area contributed by atoms with E-state index in [9.17, 15) is 0 Å². The van der Waals surface area contributed by atoms with Crippen molar-refractivity contribution in [1.29, 1.82) is 0 Å². The first kappa shape index (κ1) is 16.9. The number of hydrogen-bond acceptors (Lipinski definition) is 4. The van der Waals surface area contributed by atoms with E-state index in [1.54, 1.807) is 0 Å². The molecule has 1 fully saturated rings. The highest BCUT2D eigenvalue weighted by Gasteiger charge is 2.39. The van der Waals surface area contributed by atoms with Crippen LogP contribution < -0.4 is 5.32 Å². The first-order valence-electron chi connectivity index (χ1n) is 8.28. The van der Waals surface area contributed by atoms with E-state index in [0.29, 0.717) is 6.04 Å². The number of thiazole rings is 1. The van der Waals surface area contributed by atoms with E-state index >= 15 is 0 Å². The molecule has 3 nitrogen and oxygen atoms in total. The first-order chi connectivity index (χ1) is 10.0. The highest BCUT2D eigenvalue weighted by molar-refractivity contribution is 7.11. The maximum absolute atomic E-state index is 5.98. The number of aryl methyl sites for hydroxylation is 1. The Morgan fingerprint density at radius 3 is 2.57 bits per heavy atom. The van der Waals surface area contributed by atoms with Gasteiger partial charge in [-0.05, 0) is 38.0 Å². The van der Waals surface area contributed by atoms with Gasteiger partial charge in [-0.25, -0.2) is 4.98 Å². The molecule has 0 saturated heterocycles. The van der Waals surface area contributed by atoms with Gasteiger partial charge in [0.15, 0.2) is 0 Å². The Morgan fingerprint density at radius 2 is 2.05 bits per heavy atom. The standard InChI is InChI=1S/C17H30N2OS/c1-6-14-15(11-18-12(2)3)21-16(19-14)17(20-5)9-7-13(4)8-10-17/h12-13,18H,6-11H2,1-5H3. The SMILES string of the molecule is CCc1nc(C2(OC)CCC(C)CC2)sc1CNC(C)C. The van der Waals surface area contributed by atoms with E-state index in [1.807, 2.05) is 18.4 Å². The van der Waals surface area contributed by atoms with E-state index in [4.69, 9.17) is 9.72 Å². The van der Waals surface area contributed by atoms with Gasteiger partial charge in [-0.15, -0.1) is 11.3 Å². The maximum atomic E-state index is 5.98. The second-order valence-electron chi connectivity index (χ2n) is 6.66. The molecular weight excluding hydrogens is 280 g/mol. The van der Waals surface area contributed by atoms with Crippen LogP contribution in [0.2, 0.25) is 0 Å². The number of nitrogens with zero attached hydrogens (tertiary/aromatic N) is 1. The molecule has 0 bridgehead atoms. The third kappa shape index (κ3) is 3.85. The van der Waals surface area contributed by atoms with E-state index in [2.05, 4.69) is 33.0 Å². The van der Waals surface area contributed by atoms with Crippen molar-refractivity contribution in [3.8, 4) is 0 Å². The van der Waals surface area contributed by atoms with Crippen LogP contribution in [0.5, 0.6) is 0 Å². The van der Waals surface area contributed by atoms with Crippen LogP contribution in [0, 0.1) is 5.92 Å². The topological polar surface area (TPSA) is 34.1 Å². The predicted molar refractivity (Wildman–Crippen MR) is 89.8 cm³/mol. The predicted octanol–water partition coefficient (Wildman–Crippen LogP) is 4.26. The molecule has 21 heavy (non-hydrogen) atoms. The molecular formula is C17H30N2OS. The normalized spacial score (nSPS) is 26.5. The quantitative estimate of drug-likeness (QED) is 0.852. The van der Waals surface area contributed by atoms with Crippen molar-refractivity contribution in [1.82, 2.24) is 10.3 Å². The van der Waals surface area contributed by atoms with Crippen LogP contribution in [0.3, 0.4) is 0 Å². The van der Waals surface area contributed by atoms with Gasteiger partial charge in [-0.2, -0.15) is 0 Å². The van der Waals surface area contributed by atoms with Gasteiger partial charge in [0.05, 0.1) is 5.69 Å². The molecule has 1 heterocycles. The third-order valence-corrected chi connectivity index (χ3v) is 5.93. The summed E-state index contributed by atoms with van der Waals surface area (Å²) in [5.41, 5.74) is 1.12. The fraction of sp³-hybridized carbons (Fsp3) is 0.824. The highest BCUT2D eigenvalue weighted by Crippen LogP contribution is 2.44. The zero-order chi connectivity index (χ0) is 15.5. The van der Waals surface area contributed by atoms with Crippen molar-refractivity contribution in [3.63, 3.8) is 0 Å². The van der Waals surface area contributed by atoms with Crippen molar-refractivity contribution in [2.75, 3.05) is 7.11 Å². The molecule has 1 aliphatic rings. The van der Waals surface area contributed by atoms with Crippen molar-refractivity contribution in [2.45, 2.75) is 78.0 Å². The lowest BCUT2D eigenvalue weighted by atomic mass is 9.80. The van der Waals surface area contributed by atoms with Crippen LogP contribution in [-0.2, 0) is 23.3 Å². The van der Waals surface area contributed by atoms with E-state index in [1.165, 1.54) is 28.4 Å². The Hall–Kier alpha value is -0.450. The van der Waals surface area contributed by atoms with Gasteiger partial charge in [0.1, 0.15) is 10.6 Å². The van der Waals surface area contributed by atoms with Gasteiger partial charge < -0.3 is 10.1 Å². The van der Waals surface area contributed by atoms with Crippen LogP contribution in [0.4, 0.5) is 0 Å². The highest BCUT2D eigenvalue weighted by atomic mass is 32.1. The lowest BCUT2D eigenvalue weighted by Crippen LogP contribution is -2.33. The summed E-state index contributed by atoms with van der Waals surface area (Å²) >= 11 is 1.86. The molecule has 1 aliphatic carbocycles. The van der Waals surface area contributed by atoms with Gasteiger partial charge >= 0.3 is 0 Å². The molecule has 0 unspecified atom stereocenters. The summed E-state index contributed by atoms with van der Waals surface area (Å²) in [6, 6.07) is 0.507. The summed E-state index contributed by atoms with van der Waals surface area (Å²) in [7, 11) is 1.86. The number of hydrogen-bond donors (Lipinski definition) is 1. The first-order valence-corrected chi connectivity index (χ1v) is 9.10. The average molecular weight is 311 g/mol. The number of nitrogens with one attached hydrogen (secondary N) is 1. The fourth-order valence-corrected chi connectivity index (χ4v) is 4.35. The van der Waals surface area contributed by atoms with Gasteiger partial charge in [-0.3, -0.25) is 0 Å². The van der Waals surface area contributed by atoms with Gasteiger partial charge in [0.2, 0.25) is 0 Å². The summed E-state index contributed by atoms with van der Waals surface area (Å²) in [5, 5.41) is 4.72. The molecule has 0 aliphatic heterocycles. The fourth-order valence-electron chi connectivity index (χ4n) is 3.02. The zero-order valence-corrected chi connectivity index (χ0v) is 15.0. The Morgan fingerprint density at radius 1 is 1.38 bits per heavy atom. The molecule has 0 radical (unpaired) electrons. The molecule has 0 atom stereocenters. The average Bonchev–Trinajstić information content (AvgIpc) is 2.90. The van der Waals surface area contributed by atoms with Crippen molar-refractivity contribution in [3.05, 3.63) is 15.6 Å². The maximum Gasteiger partial charge on any atom is 0.125 e. The van der Waals surface area contributed by atoms with Crippen LogP contribution in [0.25, 0.3) is 0 Å². The molecule has 2 rings (SSSR count). The van der Waals surface area contributed by atoms with Gasteiger partial charge in [0.25, 0.3) is 0 Å². The number of rotatable bonds is 6. The van der Waals surface area contributed by atoms with Crippen LogP contribution in [0.15, 0.2) is 0 Å². The molecule has 0 spiro atoms. The Bertz CT molecular complexity index is 448. The Balaban J connectivity index is 2.21. The summed E-state index contributed by atoms with van der Waals surface area (Å²) < 4.78 is 5.98. The molecule has 1 aromatic rings. The molecule has 120 valence electrons. The molecule has 1 saturated carbocycles. The minimum Gasteiger partial charge on any atom is -0.371 e. The summed E-state index contributed by atoms with van der Waals surface area (Å²) in [4.78, 5) is 6.34. The van der Waals surface area contributed by atoms with Gasteiger partial charge in [-0.1, -0.05) is 27.7 Å². The van der Waals surface area contributed by atoms with Crippen molar-refractivity contribution in [2.24, 2.45) is 5.92 Å². The summed E-state index contributed by atoms with van der Waals surface area (Å²) in [6.45, 7) is 9.84. The lowest BCUT2D eigenvalue weighted by molar-refractivity contribution is -0.0531. The van der Waals surface area contributed by atoms with E-state index in [-0.39, 0.29) is 5.60 Å². The lowest BCUT2D eigenvalue weighted by Gasteiger charge is -2.36. The number of methoxy groups -OCH3 is 1. The zero-order valence-electron chi connectivity index (χ0n) is 14.2. The van der Waals surface area contributed by atoms with Gasteiger partial charge in [0, 0.05) is 24.6 Å². The van der Waals surface area contributed by atoms with Crippen LogP contribution in [-0.4, -0.2) is 18.1 Å². The van der Waals surface area contributed by atoms with Crippen molar-refractivity contribution >= 4 is 11.3 Å². The molecule has 1 aromatic heterocycles. The smallest absolute Gasteiger partial charge is 0.125 e. The number of ether oxygens (including phenoxy) is 1. The van der Waals surface area contributed by atoms with Crippen LogP contribution in [0.1, 0.15) is 69.0 Å². The monoisotopic (exact) mass is 310 g/mol. The Kier molecular flexibility index (Phi) is 5.81. The summed E-state index contributed by atoms with van der Waals surface area (Å²) in [6.07, 6.45) is 5.71. The molecule has 0 amide bonds. The van der Waals surface area contributed by atoms with Crippen molar-refractivity contribution < 1.29 is 4.74 Å². The molecule has 1 N–H and O–H groups in total. The minimum atomic E-state index is -0.128. The third-order valence-electron chi connectivity index (χ3n) is 4.65.